The first-order valence-electron chi connectivity index (χ1n) is 8.20. The fourth-order valence-corrected chi connectivity index (χ4v) is 4.06. The second kappa shape index (κ2) is 8.12. The molecule has 0 heterocycles. The third-order valence-electron chi connectivity index (χ3n) is 3.87. The van der Waals surface area contributed by atoms with Gasteiger partial charge in [-0.15, -0.1) is 0 Å². The summed E-state index contributed by atoms with van der Waals surface area (Å²) in [6.45, 7) is 1.85. The van der Waals surface area contributed by atoms with Gasteiger partial charge in [-0.1, -0.05) is 12.1 Å². The standard InChI is InChI=1S/C20H16BrFN2O3S/c1-13-5-10-18(21)19(11-13)24-28(26,27)17-4-2-3-14(12-17)20(25)23-16-8-6-15(22)7-9-16/h2-12,24H,1H3,(H,23,25). The number of halogens is 2. The molecular formula is C20H16BrFN2O3S. The molecule has 0 radical (unpaired) electrons. The Labute approximate surface area is 170 Å². The maximum absolute atomic E-state index is 13.0. The van der Waals surface area contributed by atoms with Crippen molar-refractivity contribution in [2.75, 3.05) is 10.0 Å². The maximum Gasteiger partial charge on any atom is 0.261 e. The lowest BCUT2D eigenvalue weighted by Crippen LogP contribution is -2.16. The molecule has 0 unspecified atom stereocenters. The number of hydrogen-bond acceptors (Lipinski definition) is 3. The molecule has 0 saturated heterocycles. The largest absolute Gasteiger partial charge is 0.322 e. The Kier molecular flexibility index (Phi) is 5.81. The molecule has 1 amide bonds. The molecule has 5 nitrogen and oxygen atoms in total. The minimum Gasteiger partial charge on any atom is -0.322 e. The number of nitrogens with one attached hydrogen (secondary N) is 2. The number of carbonyl (C=O) groups excluding carboxylic acids is 1. The third-order valence-corrected chi connectivity index (χ3v) is 5.93. The van der Waals surface area contributed by atoms with E-state index in [1.54, 1.807) is 12.1 Å². The van der Waals surface area contributed by atoms with Gasteiger partial charge >= 0.3 is 0 Å². The summed E-state index contributed by atoms with van der Waals surface area (Å²) >= 11 is 3.32. The van der Waals surface area contributed by atoms with Crippen LogP contribution >= 0.6 is 15.9 Å². The van der Waals surface area contributed by atoms with Crippen molar-refractivity contribution in [3.8, 4) is 0 Å². The Bertz CT molecular complexity index is 1130. The van der Waals surface area contributed by atoms with E-state index in [9.17, 15) is 17.6 Å². The molecule has 8 heteroatoms. The first-order valence-corrected chi connectivity index (χ1v) is 10.5. The molecule has 0 aliphatic rings. The molecule has 28 heavy (non-hydrogen) atoms. The number of sulfonamides is 1. The van der Waals surface area contributed by atoms with Crippen LogP contribution in [0.5, 0.6) is 0 Å². The first-order chi connectivity index (χ1) is 13.2. The van der Waals surface area contributed by atoms with Crippen molar-refractivity contribution in [2.24, 2.45) is 0 Å². The van der Waals surface area contributed by atoms with E-state index in [0.717, 1.165) is 5.56 Å². The monoisotopic (exact) mass is 462 g/mol. The van der Waals surface area contributed by atoms with E-state index in [1.807, 2.05) is 13.0 Å². The van der Waals surface area contributed by atoms with Crippen LogP contribution < -0.4 is 10.0 Å². The normalized spacial score (nSPS) is 11.1. The second-order valence-electron chi connectivity index (χ2n) is 6.08. The molecule has 0 saturated carbocycles. The zero-order valence-electron chi connectivity index (χ0n) is 14.7. The Balaban J connectivity index is 1.84. The Morgan fingerprint density at radius 3 is 2.43 bits per heavy atom. The van der Waals surface area contributed by atoms with Gasteiger partial charge < -0.3 is 5.32 Å². The van der Waals surface area contributed by atoms with Gasteiger partial charge in [0, 0.05) is 15.7 Å². The van der Waals surface area contributed by atoms with Gasteiger partial charge in [0.2, 0.25) is 0 Å². The number of aryl methyl sites for hydroxylation is 1. The van der Waals surface area contributed by atoms with E-state index in [2.05, 4.69) is 26.0 Å². The lowest BCUT2D eigenvalue weighted by Gasteiger charge is -2.12. The highest BCUT2D eigenvalue weighted by molar-refractivity contribution is 9.10. The molecule has 0 fully saturated rings. The van der Waals surface area contributed by atoms with Crippen LogP contribution in [-0.4, -0.2) is 14.3 Å². The fraction of sp³-hybridized carbons (Fsp3) is 0.0500. The molecule has 144 valence electrons. The molecule has 3 aromatic rings. The van der Waals surface area contributed by atoms with E-state index in [4.69, 9.17) is 0 Å². The van der Waals surface area contributed by atoms with Crippen LogP contribution in [0.3, 0.4) is 0 Å². The van der Waals surface area contributed by atoms with E-state index in [1.165, 1.54) is 48.5 Å². The summed E-state index contributed by atoms with van der Waals surface area (Å²) in [5, 5.41) is 2.60. The Morgan fingerprint density at radius 1 is 1.00 bits per heavy atom. The predicted molar refractivity (Wildman–Crippen MR) is 110 cm³/mol. The lowest BCUT2D eigenvalue weighted by molar-refractivity contribution is 0.102. The van der Waals surface area contributed by atoms with Gasteiger partial charge in [-0.3, -0.25) is 9.52 Å². The van der Waals surface area contributed by atoms with Gasteiger partial charge in [-0.2, -0.15) is 0 Å². The molecular weight excluding hydrogens is 447 g/mol. The summed E-state index contributed by atoms with van der Waals surface area (Å²) in [6.07, 6.45) is 0. The van der Waals surface area contributed by atoms with Gasteiger partial charge in [0.1, 0.15) is 5.82 Å². The van der Waals surface area contributed by atoms with Crippen molar-refractivity contribution in [1.29, 1.82) is 0 Å². The summed E-state index contributed by atoms with van der Waals surface area (Å²) in [5.41, 5.74) is 1.87. The minimum atomic E-state index is -3.90. The van der Waals surface area contributed by atoms with Crippen molar-refractivity contribution in [3.63, 3.8) is 0 Å². The highest BCUT2D eigenvalue weighted by Crippen LogP contribution is 2.26. The predicted octanol–water partition coefficient (Wildman–Crippen LogP) is 4.95. The number of hydrogen-bond donors (Lipinski definition) is 2. The fourth-order valence-electron chi connectivity index (χ4n) is 2.46. The molecule has 0 atom stereocenters. The summed E-state index contributed by atoms with van der Waals surface area (Å²) in [6, 6.07) is 16.3. The van der Waals surface area contributed by atoms with Crippen molar-refractivity contribution in [1.82, 2.24) is 0 Å². The molecule has 0 bridgehead atoms. The molecule has 3 aromatic carbocycles. The van der Waals surface area contributed by atoms with Gasteiger partial charge in [0.25, 0.3) is 15.9 Å². The smallest absolute Gasteiger partial charge is 0.261 e. The molecule has 0 spiro atoms. The summed E-state index contributed by atoms with van der Waals surface area (Å²) in [7, 11) is -3.90. The summed E-state index contributed by atoms with van der Waals surface area (Å²) in [4.78, 5) is 12.4. The van der Waals surface area contributed by atoms with E-state index in [-0.39, 0.29) is 10.5 Å². The summed E-state index contributed by atoms with van der Waals surface area (Å²) in [5.74, 6) is -0.917. The zero-order chi connectivity index (χ0) is 20.3. The average Bonchev–Trinajstić information content (AvgIpc) is 2.66. The van der Waals surface area contributed by atoms with Crippen molar-refractivity contribution < 1.29 is 17.6 Å². The molecule has 3 rings (SSSR count). The summed E-state index contributed by atoms with van der Waals surface area (Å²) < 4.78 is 41.6. The van der Waals surface area contributed by atoms with Crippen LogP contribution in [0.1, 0.15) is 15.9 Å². The SMILES string of the molecule is Cc1ccc(Br)c(NS(=O)(=O)c2cccc(C(=O)Nc3ccc(F)cc3)c2)c1. The number of anilines is 2. The Morgan fingerprint density at radius 2 is 1.71 bits per heavy atom. The topological polar surface area (TPSA) is 75.3 Å². The number of amides is 1. The van der Waals surface area contributed by atoms with Gasteiger partial charge in [-0.25, -0.2) is 12.8 Å². The van der Waals surface area contributed by atoms with Crippen LogP contribution in [-0.2, 0) is 10.0 Å². The zero-order valence-corrected chi connectivity index (χ0v) is 17.1. The molecule has 0 aliphatic carbocycles. The quantitative estimate of drug-likeness (QED) is 0.563. The average molecular weight is 463 g/mol. The molecule has 2 N–H and O–H groups in total. The van der Waals surface area contributed by atoms with Crippen molar-refractivity contribution in [2.45, 2.75) is 11.8 Å². The molecule has 0 aromatic heterocycles. The number of carbonyl (C=O) groups is 1. The molecule has 0 aliphatic heterocycles. The van der Waals surface area contributed by atoms with E-state index in [0.29, 0.717) is 15.8 Å². The van der Waals surface area contributed by atoms with Crippen LogP contribution in [0.25, 0.3) is 0 Å². The van der Waals surface area contributed by atoms with Crippen molar-refractivity contribution >= 4 is 43.2 Å². The van der Waals surface area contributed by atoms with Gasteiger partial charge in [0.05, 0.1) is 10.6 Å². The van der Waals surface area contributed by atoms with Crippen LogP contribution in [0.4, 0.5) is 15.8 Å². The van der Waals surface area contributed by atoms with Crippen molar-refractivity contribution in [3.05, 3.63) is 88.1 Å². The number of rotatable bonds is 5. The second-order valence-corrected chi connectivity index (χ2v) is 8.61. The van der Waals surface area contributed by atoms with Gasteiger partial charge in [-0.05, 0) is 83.0 Å². The highest BCUT2D eigenvalue weighted by Gasteiger charge is 2.18. The first kappa shape index (κ1) is 20.0. The van der Waals surface area contributed by atoms with Crippen LogP contribution in [0.2, 0.25) is 0 Å². The van der Waals surface area contributed by atoms with Crippen LogP contribution in [0.15, 0.2) is 76.1 Å². The van der Waals surface area contributed by atoms with Gasteiger partial charge in [0.15, 0.2) is 0 Å². The maximum atomic E-state index is 13.0. The Hall–Kier alpha value is -2.71. The minimum absolute atomic E-state index is 0.0485. The van der Waals surface area contributed by atoms with Crippen LogP contribution in [0, 0.1) is 12.7 Å². The van der Waals surface area contributed by atoms with E-state index >= 15 is 0 Å². The highest BCUT2D eigenvalue weighted by atomic mass is 79.9. The lowest BCUT2D eigenvalue weighted by atomic mass is 10.2. The third kappa shape index (κ3) is 4.76. The number of benzene rings is 3. The van der Waals surface area contributed by atoms with E-state index < -0.39 is 21.7 Å².